The number of nitrogens with one attached hydrogen (secondary N) is 2. The van der Waals surface area contributed by atoms with E-state index in [1.54, 1.807) is 0 Å². The molecule has 2 N–H and O–H groups in total. The molecule has 1 unspecified atom stereocenters. The van der Waals surface area contributed by atoms with Crippen molar-refractivity contribution < 1.29 is 13.6 Å². The van der Waals surface area contributed by atoms with E-state index in [-0.39, 0.29) is 11.6 Å². The fraction of sp³-hybridized carbons (Fsp3) is 0.462. The SMILES string of the molecule is O=C(NCC1CCCCN1)c1cccc(F)c1F. The normalized spacial score (nSPS) is 19.6. The summed E-state index contributed by atoms with van der Waals surface area (Å²) in [4.78, 5) is 11.7. The number of carbonyl (C=O) groups is 1. The lowest BCUT2D eigenvalue weighted by Crippen LogP contribution is -2.43. The molecule has 2 rings (SSSR count). The van der Waals surface area contributed by atoms with Gasteiger partial charge < -0.3 is 10.6 Å². The number of amides is 1. The van der Waals surface area contributed by atoms with Gasteiger partial charge in [-0.15, -0.1) is 0 Å². The minimum Gasteiger partial charge on any atom is -0.350 e. The van der Waals surface area contributed by atoms with E-state index in [1.165, 1.54) is 12.1 Å². The van der Waals surface area contributed by atoms with Gasteiger partial charge in [-0.2, -0.15) is 0 Å². The van der Waals surface area contributed by atoms with Crippen LogP contribution in [0.1, 0.15) is 29.6 Å². The Hall–Kier alpha value is -1.49. The Kier molecular flexibility index (Phi) is 4.25. The molecular formula is C13H16F2N2O. The lowest BCUT2D eigenvalue weighted by Gasteiger charge is -2.23. The quantitative estimate of drug-likeness (QED) is 0.864. The van der Waals surface area contributed by atoms with Gasteiger partial charge in [-0.1, -0.05) is 12.5 Å². The Labute approximate surface area is 105 Å². The zero-order chi connectivity index (χ0) is 13.0. The Morgan fingerprint density at radius 1 is 1.39 bits per heavy atom. The molecule has 1 amide bonds. The van der Waals surface area contributed by atoms with E-state index in [1.807, 2.05) is 0 Å². The maximum atomic E-state index is 13.4. The van der Waals surface area contributed by atoms with Gasteiger partial charge in [0.05, 0.1) is 5.56 Å². The first-order valence-electron chi connectivity index (χ1n) is 6.14. The molecule has 18 heavy (non-hydrogen) atoms. The van der Waals surface area contributed by atoms with Gasteiger partial charge in [0.15, 0.2) is 11.6 Å². The first kappa shape index (κ1) is 13.0. The van der Waals surface area contributed by atoms with E-state index < -0.39 is 17.5 Å². The third-order valence-electron chi connectivity index (χ3n) is 3.12. The smallest absolute Gasteiger partial charge is 0.254 e. The monoisotopic (exact) mass is 254 g/mol. The Balaban J connectivity index is 1.93. The highest BCUT2D eigenvalue weighted by Gasteiger charge is 2.17. The molecule has 0 aliphatic carbocycles. The molecule has 0 radical (unpaired) electrons. The summed E-state index contributed by atoms with van der Waals surface area (Å²) in [7, 11) is 0. The second kappa shape index (κ2) is 5.91. The second-order valence-corrected chi connectivity index (χ2v) is 4.46. The number of carbonyl (C=O) groups excluding carboxylic acids is 1. The maximum absolute atomic E-state index is 13.4. The molecule has 1 fully saturated rings. The van der Waals surface area contributed by atoms with Gasteiger partial charge in [-0.25, -0.2) is 8.78 Å². The summed E-state index contributed by atoms with van der Waals surface area (Å²) in [6.07, 6.45) is 3.26. The first-order valence-corrected chi connectivity index (χ1v) is 6.14. The summed E-state index contributed by atoms with van der Waals surface area (Å²) in [5, 5.41) is 5.90. The van der Waals surface area contributed by atoms with Crippen molar-refractivity contribution in [1.82, 2.24) is 10.6 Å². The van der Waals surface area contributed by atoms with Gasteiger partial charge in [-0.3, -0.25) is 4.79 Å². The summed E-state index contributed by atoms with van der Waals surface area (Å²) in [5.74, 6) is -2.66. The Morgan fingerprint density at radius 3 is 2.94 bits per heavy atom. The lowest BCUT2D eigenvalue weighted by molar-refractivity contribution is 0.0942. The molecule has 0 saturated carbocycles. The van der Waals surface area contributed by atoms with Crippen LogP contribution < -0.4 is 10.6 Å². The molecule has 1 aromatic rings. The van der Waals surface area contributed by atoms with Crippen LogP contribution in [0.15, 0.2) is 18.2 Å². The number of hydrogen-bond acceptors (Lipinski definition) is 2. The van der Waals surface area contributed by atoms with Crippen molar-refractivity contribution in [3.8, 4) is 0 Å². The summed E-state index contributed by atoms with van der Waals surface area (Å²) in [6.45, 7) is 1.38. The van der Waals surface area contributed by atoms with Crippen molar-refractivity contribution in [3.63, 3.8) is 0 Å². The molecule has 0 bridgehead atoms. The van der Waals surface area contributed by atoms with Gasteiger partial charge in [0.25, 0.3) is 5.91 Å². The average molecular weight is 254 g/mol. The third kappa shape index (κ3) is 3.04. The van der Waals surface area contributed by atoms with Gasteiger partial charge in [0.2, 0.25) is 0 Å². The van der Waals surface area contributed by atoms with Crippen molar-refractivity contribution in [3.05, 3.63) is 35.4 Å². The molecule has 5 heteroatoms. The number of benzene rings is 1. The van der Waals surface area contributed by atoms with Crippen molar-refractivity contribution in [2.45, 2.75) is 25.3 Å². The highest BCUT2D eigenvalue weighted by Crippen LogP contribution is 2.11. The minimum atomic E-state index is -1.09. The predicted molar refractivity (Wildman–Crippen MR) is 64.3 cm³/mol. The molecule has 0 aromatic heterocycles. The highest BCUT2D eigenvalue weighted by molar-refractivity contribution is 5.94. The summed E-state index contributed by atoms with van der Waals surface area (Å²) < 4.78 is 26.3. The van der Waals surface area contributed by atoms with Gasteiger partial charge in [-0.05, 0) is 31.5 Å². The summed E-state index contributed by atoms with van der Waals surface area (Å²) in [6, 6.07) is 3.82. The molecule has 98 valence electrons. The fourth-order valence-corrected chi connectivity index (χ4v) is 2.09. The van der Waals surface area contributed by atoms with Gasteiger partial charge in [0.1, 0.15) is 0 Å². The van der Waals surface area contributed by atoms with Gasteiger partial charge >= 0.3 is 0 Å². The zero-order valence-corrected chi connectivity index (χ0v) is 10.0. The van der Waals surface area contributed by atoms with Crippen LogP contribution in [0, 0.1) is 11.6 Å². The van der Waals surface area contributed by atoms with Crippen molar-refractivity contribution in [1.29, 1.82) is 0 Å². The number of halogens is 2. The Morgan fingerprint density at radius 2 is 2.22 bits per heavy atom. The standard InChI is InChI=1S/C13H16F2N2O/c14-11-6-3-5-10(12(11)15)13(18)17-8-9-4-1-2-7-16-9/h3,5-6,9,16H,1-2,4,7-8H2,(H,17,18). The Bertz CT molecular complexity index is 431. The van der Waals surface area contributed by atoms with Crippen LogP contribution in [0.3, 0.4) is 0 Å². The summed E-state index contributed by atoms with van der Waals surface area (Å²) >= 11 is 0. The highest BCUT2D eigenvalue weighted by atomic mass is 19.2. The van der Waals surface area contributed by atoms with Crippen LogP contribution in [-0.2, 0) is 0 Å². The number of rotatable bonds is 3. The first-order chi connectivity index (χ1) is 8.68. The van der Waals surface area contributed by atoms with E-state index in [0.717, 1.165) is 31.9 Å². The average Bonchev–Trinajstić information content (AvgIpc) is 2.40. The predicted octanol–water partition coefficient (Wildman–Crippen LogP) is 1.84. The molecule has 3 nitrogen and oxygen atoms in total. The van der Waals surface area contributed by atoms with Crippen LogP contribution in [0.4, 0.5) is 8.78 Å². The van der Waals surface area contributed by atoms with E-state index in [4.69, 9.17) is 0 Å². The molecule has 1 aromatic carbocycles. The van der Waals surface area contributed by atoms with E-state index in [2.05, 4.69) is 10.6 Å². The van der Waals surface area contributed by atoms with Crippen molar-refractivity contribution in [2.75, 3.05) is 13.1 Å². The second-order valence-electron chi connectivity index (χ2n) is 4.46. The largest absolute Gasteiger partial charge is 0.350 e. The molecule has 1 atom stereocenters. The minimum absolute atomic E-state index is 0.222. The molecule has 1 aliphatic rings. The summed E-state index contributed by atoms with van der Waals surface area (Å²) in [5.41, 5.74) is -0.245. The van der Waals surface area contributed by atoms with Crippen LogP contribution in [-0.4, -0.2) is 25.0 Å². The van der Waals surface area contributed by atoms with E-state index in [9.17, 15) is 13.6 Å². The van der Waals surface area contributed by atoms with Crippen LogP contribution in [0.25, 0.3) is 0 Å². The topological polar surface area (TPSA) is 41.1 Å². The van der Waals surface area contributed by atoms with Crippen molar-refractivity contribution >= 4 is 5.91 Å². The number of piperidine rings is 1. The molecule has 0 spiro atoms. The van der Waals surface area contributed by atoms with Crippen molar-refractivity contribution in [2.24, 2.45) is 0 Å². The molecule has 1 heterocycles. The number of hydrogen-bond donors (Lipinski definition) is 2. The third-order valence-corrected chi connectivity index (χ3v) is 3.12. The van der Waals surface area contributed by atoms with E-state index >= 15 is 0 Å². The fourth-order valence-electron chi connectivity index (χ4n) is 2.09. The molecular weight excluding hydrogens is 238 g/mol. The molecule has 1 saturated heterocycles. The van der Waals surface area contributed by atoms with Crippen LogP contribution >= 0.6 is 0 Å². The molecule has 1 aliphatic heterocycles. The zero-order valence-electron chi connectivity index (χ0n) is 10.0. The van der Waals surface area contributed by atoms with Crippen LogP contribution in [0.2, 0.25) is 0 Å². The van der Waals surface area contributed by atoms with Gasteiger partial charge in [0, 0.05) is 12.6 Å². The maximum Gasteiger partial charge on any atom is 0.254 e. The van der Waals surface area contributed by atoms with E-state index in [0.29, 0.717) is 6.54 Å². The van der Waals surface area contributed by atoms with Crippen LogP contribution in [0.5, 0.6) is 0 Å². The lowest BCUT2D eigenvalue weighted by atomic mass is 10.0.